The van der Waals surface area contributed by atoms with Gasteiger partial charge < -0.3 is 20.1 Å². The molecule has 0 aliphatic heterocycles. The zero-order chi connectivity index (χ0) is 21.9. The minimum Gasteiger partial charge on any atom is -0.490 e. The van der Waals surface area contributed by atoms with Crippen LogP contribution in [0.4, 0.5) is 5.69 Å². The molecule has 0 saturated heterocycles. The minimum atomic E-state index is -0.215. The van der Waals surface area contributed by atoms with E-state index in [1.807, 2.05) is 51.1 Å². The van der Waals surface area contributed by atoms with Crippen LogP contribution in [0.25, 0.3) is 0 Å². The Bertz CT molecular complexity index is 826. The quantitative estimate of drug-likeness (QED) is 0.591. The number of likely N-dealkylation sites (N-methyl/N-ethyl adjacent to an activating group) is 1. The molecule has 7 nitrogen and oxygen atoms in total. The number of anilines is 1. The van der Waals surface area contributed by atoms with Crippen molar-refractivity contribution in [3.63, 3.8) is 0 Å². The van der Waals surface area contributed by atoms with E-state index in [0.717, 1.165) is 5.56 Å². The van der Waals surface area contributed by atoms with Gasteiger partial charge in [-0.2, -0.15) is 0 Å². The Morgan fingerprint density at radius 2 is 1.57 bits per heavy atom. The summed E-state index contributed by atoms with van der Waals surface area (Å²) in [6.07, 6.45) is 0. The highest BCUT2D eigenvalue weighted by Crippen LogP contribution is 2.30. The number of amides is 2. The van der Waals surface area contributed by atoms with Crippen LogP contribution in [0, 0.1) is 0 Å². The molecule has 162 valence electrons. The molecule has 0 fully saturated rings. The molecule has 0 radical (unpaired) electrons. The maximum absolute atomic E-state index is 12.4. The summed E-state index contributed by atoms with van der Waals surface area (Å²) >= 11 is 0. The van der Waals surface area contributed by atoms with Crippen LogP contribution < -0.4 is 20.1 Å². The Balaban J connectivity index is 1.85. The summed E-state index contributed by atoms with van der Waals surface area (Å²) in [6.45, 7) is 6.96. The first kappa shape index (κ1) is 23.2. The highest BCUT2D eigenvalue weighted by Gasteiger charge is 2.14. The summed E-state index contributed by atoms with van der Waals surface area (Å²) < 4.78 is 11.1. The van der Waals surface area contributed by atoms with Crippen LogP contribution >= 0.6 is 0 Å². The number of benzene rings is 2. The molecule has 7 heteroatoms. The van der Waals surface area contributed by atoms with Gasteiger partial charge in [-0.15, -0.1) is 0 Å². The summed E-state index contributed by atoms with van der Waals surface area (Å²) in [5, 5.41) is 5.78. The Kier molecular flexibility index (Phi) is 9.15. The van der Waals surface area contributed by atoms with Crippen LogP contribution in [0.15, 0.2) is 48.5 Å². The van der Waals surface area contributed by atoms with E-state index in [-0.39, 0.29) is 30.9 Å². The molecule has 0 heterocycles. The highest BCUT2D eigenvalue weighted by molar-refractivity contribution is 5.93. The number of carbonyl (C=O) groups is 2. The number of rotatable bonds is 11. The van der Waals surface area contributed by atoms with E-state index in [0.29, 0.717) is 30.4 Å². The topological polar surface area (TPSA) is 79.9 Å². The molecule has 0 bridgehead atoms. The number of carbonyl (C=O) groups excluding carboxylic acids is 2. The van der Waals surface area contributed by atoms with E-state index < -0.39 is 0 Å². The average molecular weight is 414 g/mol. The molecular weight excluding hydrogens is 382 g/mol. The summed E-state index contributed by atoms with van der Waals surface area (Å²) in [4.78, 5) is 26.3. The largest absolute Gasteiger partial charge is 0.490 e. The zero-order valence-corrected chi connectivity index (χ0v) is 18.1. The van der Waals surface area contributed by atoms with Crippen LogP contribution in [0.2, 0.25) is 0 Å². The molecule has 30 heavy (non-hydrogen) atoms. The molecule has 0 aliphatic rings. The second kappa shape index (κ2) is 11.8. The first-order valence-electron chi connectivity index (χ1n) is 10.1. The lowest BCUT2D eigenvalue weighted by atomic mass is 10.1. The third kappa shape index (κ3) is 7.40. The lowest BCUT2D eigenvalue weighted by Gasteiger charge is -2.19. The molecule has 2 rings (SSSR count). The Morgan fingerprint density at radius 1 is 0.933 bits per heavy atom. The fourth-order valence-electron chi connectivity index (χ4n) is 2.99. The molecule has 0 spiro atoms. The maximum Gasteiger partial charge on any atom is 0.238 e. The van der Waals surface area contributed by atoms with Gasteiger partial charge in [-0.3, -0.25) is 14.5 Å². The highest BCUT2D eigenvalue weighted by atomic mass is 16.5. The van der Waals surface area contributed by atoms with Gasteiger partial charge in [0.25, 0.3) is 0 Å². The normalized spacial score (nSPS) is 11.6. The fraction of sp³-hybridized carbons (Fsp3) is 0.391. The van der Waals surface area contributed by atoms with Crippen LogP contribution in [-0.2, 0) is 9.59 Å². The van der Waals surface area contributed by atoms with Gasteiger partial charge in [-0.1, -0.05) is 30.3 Å². The van der Waals surface area contributed by atoms with Crippen LogP contribution in [0.3, 0.4) is 0 Å². The van der Waals surface area contributed by atoms with Gasteiger partial charge in [0.1, 0.15) is 0 Å². The van der Waals surface area contributed by atoms with Gasteiger partial charge in [0.2, 0.25) is 11.8 Å². The predicted molar refractivity (Wildman–Crippen MR) is 118 cm³/mol. The third-order valence-electron chi connectivity index (χ3n) is 4.33. The van der Waals surface area contributed by atoms with Crippen LogP contribution in [0.1, 0.15) is 32.4 Å². The molecule has 2 aromatic rings. The van der Waals surface area contributed by atoms with Crippen molar-refractivity contribution in [3.05, 3.63) is 54.1 Å². The van der Waals surface area contributed by atoms with Crippen LogP contribution in [0.5, 0.6) is 11.5 Å². The molecule has 2 amide bonds. The summed E-state index contributed by atoms with van der Waals surface area (Å²) in [5.41, 5.74) is 1.65. The van der Waals surface area contributed by atoms with Crippen molar-refractivity contribution < 1.29 is 19.1 Å². The number of ether oxygens (including phenoxy) is 2. The van der Waals surface area contributed by atoms with E-state index in [2.05, 4.69) is 10.6 Å². The molecule has 0 aromatic heterocycles. The first-order valence-corrected chi connectivity index (χ1v) is 10.1. The number of hydrogen-bond acceptors (Lipinski definition) is 5. The van der Waals surface area contributed by atoms with E-state index in [4.69, 9.17) is 9.47 Å². The molecule has 1 atom stereocenters. The van der Waals surface area contributed by atoms with Gasteiger partial charge in [0, 0.05) is 11.8 Å². The lowest BCUT2D eigenvalue weighted by molar-refractivity contribution is -0.123. The SMILES string of the molecule is CCOc1ccc(NC(=O)CN(C)CC(=O)N[C@H](C)c2ccccc2)cc1OCC. The molecular formula is C23H31N3O4. The fourth-order valence-corrected chi connectivity index (χ4v) is 2.99. The summed E-state index contributed by atoms with van der Waals surface area (Å²) in [7, 11) is 1.73. The molecule has 2 aromatic carbocycles. The van der Waals surface area contributed by atoms with E-state index >= 15 is 0 Å². The lowest BCUT2D eigenvalue weighted by Crippen LogP contribution is -2.39. The van der Waals surface area contributed by atoms with Crippen LogP contribution in [-0.4, -0.2) is 50.1 Å². The van der Waals surface area contributed by atoms with Crippen molar-refractivity contribution in [2.24, 2.45) is 0 Å². The first-order chi connectivity index (χ1) is 14.4. The Labute approximate surface area is 178 Å². The van der Waals surface area contributed by atoms with Gasteiger partial charge in [-0.05, 0) is 45.5 Å². The number of nitrogens with zero attached hydrogens (tertiary/aromatic N) is 1. The van der Waals surface area contributed by atoms with Crippen molar-refractivity contribution in [3.8, 4) is 11.5 Å². The average Bonchev–Trinajstić information content (AvgIpc) is 2.70. The monoisotopic (exact) mass is 413 g/mol. The molecule has 0 aliphatic carbocycles. The summed E-state index contributed by atoms with van der Waals surface area (Å²) in [6, 6.07) is 14.9. The number of nitrogens with one attached hydrogen (secondary N) is 2. The maximum atomic E-state index is 12.4. The van der Waals surface area contributed by atoms with Gasteiger partial charge in [0.15, 0.2) is 11.5 Å². The molecule has 0 unspecified atom stereocenters. The third-order valence-corrected chi connectivity index (χ3v) is 4.33. The second-order valence-corrected chi connectivity index (χ2v) is 6.95. The van der Waals surface area contributed by atoms with Crippen molar-refractivity contribution in [2.75, 3.05) is 38.7 Å². The van der Waals surface area contributed by atoms with E-state index in [1.165, 1.54) is 0 Å². The summed E-state index contributed by atoms with van der Waals surface area (Å²) in [5.74, 6) is 0.868. The van der Waals surface area contributed by atoms with Gasteiger partial charge in [0.05, 0.1) is 32.3 Å². The second-order valence-electron chi connectivity index (χ2n) is 6.95. The number of hydrogen-bond donors (Lipinski definition) is 2. The smallest absolute Gasteiger partial charge is 0.238 e. The van der Waals surface area contributed by atoms with Gasteiger partial charge >= 0.3 is 0 Å². The van der Waals surface area contributed by atoms with Crippen molar-refractivity contribution in [2.45, 2.75) is 26.8 Å². The minimum absolute atomic E-state index is 0.0876. The van der Waals surface area contributed by atoms with E-state index in [9.17, 15) is 9.59 Å². The van der Waals surface area contributed by atoms with Gasteiger partial charge in [-0.25, -0.2) is 0 Å². The van der Waals surface area contributed by atoms with Crippen molar-refractivity contribution >= 4 is 17.5 Å². The Morgan fingerprint density at radius 3 is 2.23 bits per heavy atom. The van der Waals surface area contributed by atoms with Crippen molar-refractivity contribution in [1.82, 2.24) is 10.2 Å². The molecule has 0 saturated carbocycles. The van der Waals surface area contributed by atoms with Crippen molar-refractivity contribution in [1.29, 1.82) is 0 Å². The van der Waals surface area contributed by atoms with E-state index in [1.54, 1.807) is 30.1 Å². The standard InChI is InChI=1S/C23H31N3O4/c1-5-29-20-13-12-19(14-21(20)30-6-2)25-23(28)16-26(4)15-22(27)24-17(3)18-10-8-7-9-11-18/h7-14,17H,5-6,15-16H2,1-4H3,(H,24,27)(H,25,28)/t17-/m1/s1. The Hall–Kier alpha value is -3.06. The zero-order valence-electron chi connectivity index (χ0n) is 18.1. The predicted octanol–water partition coefficient (Wildman–Crippen LogP) is 3.23. The molecule has 2 N–H and O–H groups in total.